The van der Waals surface area contributed by atoms with Gasteiger partial charge in [0, 0.05) is 6.54 Å². The van der Waals surface area contributed by atoms with Gasteiger partial charge in [0.15, 0.2) is 0 Å². The molecule has 0 heterocycles. The third-order valence-corrected chi connectivity index (χ3v) is 3.07. The van der Waals surface area contributed by atoms with Crippen molar-refractivity contribution >= 4 is 5.91 Å². The SMILES string of the molecule is N#Cc1ccc(CNC(=O)C(C#N)c2ccccc2)cc1. The van der Waals surface area contributed by atoms with E-state index in [1.54, 1.807) is 48.5 Å². The van der Waals surface area contributed by atoms with Crippen molar-refractivity contribution in [1.29, 1.82) is 10.5 Å². The molecule has 1 amide bonds. The normalized spacial score (nSPS) is 11.0. The number of carbonyl (C=O) groups is 1. The highest BCUT2D eigenvalue weighted by Gasteiger charge is 2.19. The van der Waals surface area contributed by atoms with Crippen LogP contribution in [0.15, 0.2) is 54.6 Å². The Balaban J connectivity index is 2.00. The van der Waals surface area contributed by atoms with Gasteiger partial charge < -0.3 is 5.32 Å². The molecular weight excluding hydrogens is 262 g/mol. The molecule has 0 aromatic heterocycles. The average Bonchev–Trinajstić information content (AvgIpc) is 2.55. The summed E-state index contributed by atoms with van der Waals surface area (Å²) in [5.41, 5.74) is 2.13. The monoisotopic (exact) mass is 275 g/mol. The van der Waals surface area contributed by atoms with E-state index in [9.17, 15) is 4.79 Å². The van der Waals surface area contributed by atoms with Crippen molar-refractivity contribution in [1.82, 2.24) is 5.32 Å². The van der Waals surface area contributed by atoms with E-state index in [1.165, 1.54) is 0 Å². The zero-order chi connectivity index (χ0) is 15.1. The summed E-state index contributed by atoms with van der Waals surface area (Å²) in [5.74, 6) is -1.14. The molecule has 4 nitrogen and oxygen atoms in total. The number of hydrogen-bond acceptors (Lipinski definition) is 3. The second-order valence-electron chi connectivity index (χ2n) is 4.50. The first-order valence-corrected chi connectivity index (χ1v) is 6.46. The van der Waals surface area contributed by atoms with E-state index in [2.05, 4.69) is 5.32 Å². The maximum atomic E-state index is 12.1. The number of nitrogens with one attached hydrogen (secondary N) is 1. The van der Waals surface area contributed by atoms with Crippen LogP contribution in [0, 0.1) is 22.7 Å². The number of amides is 1. The molecule has 0 bridgehead atoms. The molecule has 0 aliphatic heterocycles. The summed E-state index contributed by atoms with van der Waals surface area (Å²) in [5, 5.41) is 20.6. The summed E-state index contributed by atoms with van der Waals surface area (Å²) < 4.78 is 0. The molecular formula is C17H13N3O. The zero-order valence-corrected chi connectivity index (χ0v) is 11.3. The third-order valence-electron chi connectivity index (χ3n) is 3.07. The lowest BCUT2D eigenvalue weighted by Gasteiger charge is -2.10. The van der Waals surface area contributed by atoms with Crippen molar-refractivity contribution in [2.75, 3.05) is 0 Å². The summed E-state index contributed by atoms with van der Waals surface area (Å²) in [4.78, 5) is 12.1. The van der Waals surface area contributed by atoms with Crippen LogP contribution in [0.4, 0.5) is 0 Å². The number of rotatable bonds is 4. The molecule has 2 aromatic carbocycles. The molecule has 4 heteroatoms. The maximum Gasteiger partial charge on any atom is 0.242 e. The molecule has 0 aliphatic rings. The van der Waals surface area contributed by atoms with E-state index in [0.29, 0.717) is 17.7 Å². The highest BCUT2D eigenvalue weighted by Crippen LogP contribution is 2.14. The smallest absolute Gasteiger partial charge is 0.242 e. The van der Waals surface area contributed by atoms with Gasteiger partial charge in [0.05, 0.1) is 17.7 Å². The molecule has 0 spiro atoms. The number of benzene rings is 2. The molecule has 1 atom stereocenters. The maximum absolute atomic E-state index is 12.1. The molecule has 0 saturated carbocycles. The topological polar surface area (TPSA) is 76.7 Å². The lowest BCUT2D eigenvalue weighted by molar-refractivity contribution is -0.121. The van der Waals surface area contributed by atoms with Gasteiger partial charge in [-0.2, -0.15) is 10.5 Å². The minimum absolute atomic E-state index is 0.326. The Labute approximate surface area is 123 Å². The van der Waals surface area contributed by atoms with Crippen LogP contribution in [-0.2, 0) is 11.3 Å². The van der Waals surface area contributed by atoms with E-state index in [4.69, 9.17) is 10.5 Å². The van der Waals surface area contributed by atoms with E-state index < -0.39 is 5.92 Å². The molecule has 0 fully saturated rings. The Morgan fingerprint density at radius 1 is 1.05 bits per heavy atom. The Morgan fingerprint density at radius 3 is 2.29 bits per heavy atom. The Morgan fingerprint density at radius 2 is 1.71 bits per heavy atom. The largest absolute Gasteiger partial charge is 0.351 e. The van der Waals surface area contributed by atoms with Crippen LogP contribution >= 0.6 is 0 Å². The van der Waals surface area contributed by atoms with Gasteiger partial charge in [-0.05, 0) is 23.3 Å². The Kier molecular flexibility index (Phi) is 4.69. The lowest BCUT2D eigenvalue weighted by atomic mass is 10.00. The van der Waals surface area contributed by atoms with Gasteiger partial charge in [-0.25, -0.2) is 0 Å². The van der Waals surface area contributed by atoms with Crippen LogP contribution in [0.2, 0.25) is 0 Å². The molecule has 21 heavy (non-hydrogen) atoms. The fourth-order valence-electron chi connectivity index (χ4n) is 1.92. The van der Waals surface area contributed by atoms with E-state index >= 15 is 0 Å². The van der Waals surface area contributed by atoms with Crippen LogP contribution < -0.4 is 5.32 Å². The van der Waals surface area contributed by atoms with E-state index in [-0.39, 0.29) is 5.91 Å². The second-order valence-corrected chi connectivity index (χ2v) is 4.50. The van der Waals surface area contributed by atoms with Crippen molar-refractivity contribution in [3.8, 4) is 12.1 Å². The fourth-order valence-corrected chi connectivity index (χ4v) is 1.92. The van der Waals surface area contributed by atoms with Crippen LogP contribution in [0.25, 0.3) is 0 Å². The first-order chi connectivity index (χ1) is 10.2. The van der Waals surface area contributed by atoms with Crippen molar-refractivity contribution < 1.29 is 4.79 Å². The summed E-state index contributed by atoms with van der Waals surface area (Å²) >= 11 is 0. The Bertz CT molecular complexity index is 694. The third kappa shape index (κ3) is 3.68. The standard InChI is InChI=1S/C17H13N3O/c18-10-13-6-8-14(9-7-13)12-20-17(21)16(11-19)15-4-2-1-3-5-15/h1-9,16H,12H2,(H,20,21). The molecule has 1 N–H and O–H groups in total. The molecule has 1 unspecified atom stereocenters. The van der Waals surface area contributed by atoms with Crippen molar-refractivity contribution in [3.63, 3.8) is 0 Å². The highest BCUT2D eigenvalue weighted by atomic mass is 16.1. The van der Waals surface area contributed by atoms with Gasteiger partial charge in [0.1, 0.15) is 5.92 Å². The van der Waals surface area contributed by atoms with E-state index in [0.717, 1.165) is 5.56 Å². The van der Waals surface area contributed by atoms with Crippen LogP contribution in [-0.4, -0.2) is 5.91 Å². The van der Waals surface area contributed by atoms with Gasteiger partial charge in [-0.3, -0.25) is 4.79 Å². The molecule has 2 rings (SSSR count). The first kappa shape index (κ1) is 14.3. The summed E-state index contributed by atoms with van der Waals surface area (Å²) in [6.07, 6.45) is 0. The van der Waals surface area contributed by atoms with Crippen molar-refractivity contribution in [3.05, 3.63) is 71.3 Å². The molecule has 0 aliphatic carbocycles. The van der Waals surface area contributed by atoms with Gasteiger partial charge in [-0.15, -0.1) is 0 Å². The first-order valence-electron chi connectivity index (χ1n) is 6.46. The minimum Gasteiger partial charge on any atom is -0.351 e. The summed E-state index contributed by atoms with van der Waals surface area (Å²) in [7, 11) is 0. The number of nitrogens with zero attached hydrogens (tertiary/aromatic N) is 2. The quantitative estimate of drug-likeness (QED) is 0.931. The second kappa shape index (κ2) is 6.88. The molecule has 2 aromatic rings. The summed E-state index contributed by atoms with van der Waals surface area (Å²) in [6, 6.07) is 20.0. The molecule has 102 valence electrons. The van der Waals surface area contributed by atoms with Crippen LogP contribution in [0.3, 0.4) is 0 Å². The molecule has 0 saturated heterocycles. The van der Waals surface area contributed by atoms with Crippen molar-refractivity contribution in [2.24, 2.45) is 0 Å². The predicted molar refractivity (Wildman–Crippen MR) is 77.8 cm³/mol. The number of carbonyl (C=O) groups excluding carboxylic acids is 1. The number of hydrogen-bond donors (Lipinski definition) is 1. The fraction of sp³-hybridized carbons (Fsp3) is 0.118. The molecule has 0 radical (unpaired) electrons. The van der Waals surface area contributed by atoms with E-state index in [1.807, 2.05) is 18.2 Å². The van der Waals surface area contributed by atoms with Crippen LogP contribution in [0.1, 0.15) is 22.6 Å². The van der Waals surface area contributed by atoms with Gasteiger partial charge in [0.2, 0.25) is 5.91 Å². The predicted octanol–water partition coefficient (Wildman–Crippen LogP) is 2.48. The van der Waals surface area contributed by atoms with Gasteiger partial charge in [-0.1, -0.05) is 42.5 Å². The lowest BCUT2D eigenvalue weighted by Crippen LogP contribution is -2.28. The van der Waals surface area contributed by atoms with Gasteiger partial charge in [0.25, 0.3) is 0 Å². The highest BCUT2D eigenvalue weighted by molar-refractivity contribution is 5.86. The average molecular weight is 275 g/mol. The summed E-state index contributed by atoms with van der Waals surface area (Å²) in [6.45, 7) is 0.329. The van der Waals surface area contributed by atoms with Crippen LogP contribution in [0.5, 0.6) is 0 Å². The van der Waals surface area contributed by atoms with Crippen molar-refractivity contribution in [2.45, 2.75) is 12.5 Å². The number of nitriles is 2. The van der Waals surface area contributed by atoms with Gasteiger partial charge >= 0.3 is 0 Å². The minimum atomic E-state index is -0.815. The zero-order valence-electron chi connectivity index (χ0n) is 11.3. The Hall–Kier alpha value is -3.11.